The Kier molecular flexibility index (Phi) is 6.59. The van der Waals surface area contributed by atoms with E-state index in [1.165, 1.54) is 10.6 Å². The smallest absolute Gasteiger partial charge is 0.244 e. The van der Waals surface area contributed by atoms with Gasteiger partial charge in [-0.25, -0.2) is 12.7 Å². The third-order valence-corrected chi connectivity index (χ3v) is 6.81. The lowest BCUT2D eigenvalue weighted by Crippen LogP contribution is -2.40. The van der Waals surface area contributed by atoms with Crippen molar-refractivity contribution in [3.05, 3.63) is 59.4 Å². The number of nitrogens with one attached hydrogen (secondary N) is 1. The summed E-state index contributed by atoms with van der Waals surface area (Å²) in [6.07, 6.45) is 6.21. The lowest BCUT2D eigenvalue weighted by atomic mass is 9.98. The average molecular weight is 416 g/mol. The Hall–Kier alpha value is -2.38. The Balaban J connectivity index is 1.55. The van der Waals surface area contributed by atoms with Crippen molar-refractivity contribution in [3.63, 3.8) is 0 Å². The number of para-hydroxylation sites is 1. The van der Waals surface area contributed by atoms with Crippen molar-refractivity contribution in [1.29, 1.82) is 0 Å². The molecule has 1 saturated heterocycles. The van der Waals surface area contributed by atoms with E-state index in [0.717, 1.165) is 35.5 Å². The second-order valence-electron chi connectivity index (χ2n) is 7.68. The zero-order valence-corrected chi connectivity index (χ0v) is 18.1. The predicted molar refractivity (Wildman–Crippen MR) is 116 cm³/mol. The third-order valence-electron chi connectivity index (χ3n) is 5.51. The zero-order valence-electron chi connectivity index (χ0n) is 17.3. The monoisotopic (exact) mass is 415 g/mol. The summed E-state index contributed by atoms with van der Waals surface area (Å²) in [6.45, 7) is 5.73. The average Bonchev–Trinajstić information content (AvgIpc) is 2.98. The summed E-state index contributed by atoms with van der Waals surface area (Å²) in [5, 5.41) is 2.95. The van der Waals surface area contributed by atoms with E-state index in [1.807, 2.05) is 31.2 Å². The summed E-state index contributed by atoms with van der Waals surface area (Å²) >= 11 is 0. The summed E-state index contributed by atoms with van der Waals surface area (Å²) in [4.78, 5) is 12.2. The van der Waals surface area contributed by atoms with E-state index < -0.39 is 10.0 Å². The summed E-state index contributed by atoms with van der Waals surface area (Å²) in [6, 6.07) is 12.2. The van der Waals surface area contributed by atoms with Gasteiger partial charge in [-0.2, -0.15) is 0 Å². The normalized spacial score (nSPS) is 16.4. The minimum atomic E-state index is -3.11. The zero-order chi connectivity index (χ0) is 21.0. The van der Waals surface area contributed by atoms with Gasteiger partial charge in [0.25, 0.3) is 0 Å². The number of aromatic nitrogens is 1. The highest BCUT2D eigenvalue weighted by Gasteiger charge is 2.24. The van der Waals surface area contributed by atoms with Crippen molar-refractivity contribution in [2.45, 2.75) is 26.7 Å². The molecule has 0 bridgehead atoms. The number of rotatable bonds is 6. The molecule has 1 aromatic heterocycles. The molecule has 1 fully saturated rings. The van der Waals surface area contributed by atoms with Crippen LogP contribution < -0.4 is 5.32 Å². The number of carbonyl (C=O) groups excluding carboxylic acids is 1. The van der Waals surface area contributed by atoms with Gasteiger partial charge in [-0.1, -0.05) is 18.2 Å². The molecule has 1 N–H and O–H groups in total. The Morgan fingerprint density at radius 2 is 1.83 bits per heavy atom. The maximum absolute atomic E-state index is 12.2. The molecule has 156 valence electrons. The molecule has 2 aromatic rings. The van der Waals surface area contributed by atoms with Crippen LogP contribution >= 0.6 is 0 Å². The highest BCUT2D eigenvalue weighted by atomic mass is 32.2. The van der Waals surface area contributed by atoms with Crippen LogP contribution in [0.1, 0.15) is 29.8 Å². The fraction of sp³-hybridized carbons (Fsp3) is 0.409. The number of hydrogen-bond acceptors (Lipinski definition) is 3. The van der Waals surface area contributed by atoms with Crippen molar-refractivity contribution >= 4 is 22.0 Å². The standard InChI is InChI=1S/C22H29N3O3S/c1-17-15-20(18(2)25(17)21-7-5-4-6-8-21)9-10-22(26)23-16-19-11-13-24(14-12-19)29(3,27)28/h4-10,15,19H,11-14,16H2,1-3H3,(H,23,26)/b10-9+. The molecule has 1 aliphatic heterocycles. The summed E-state index contributed by atoms with van der Waals surface area (Å²) in [5.41, 5.74) is 4.33. The van der Waals surface area contributed by atoms with Crippen LogP contribution in [0.3, 0.4) is 0 Å². The first kappa shape index (κ1) is 21.3. The van der Waals surface area contributed by atoms with E-state index >= 15 is 0 Å². The minimum Gasteiger partial charge on any atom is -0.352 e. The van der Waals surface area contributed by atoms with E-state index in [4.69, 9.17) is 0 Å². The lowest BCUT2D eigenvalue weighted by Gasteiger charge is -2.30. The van der Waals surface area contributed by atoms with Crippen LogP contribution in [0.4, 0.5) is 0 Å². The largest absolute Gasteiger partial charge is 0.352 e. The van der Waals surface area contributed by atoms with Crippen LogP contribution in [0.25, 0.3) is 11.8 Å². The maximum Gasteiger partial charge on any atom is 0.244 e. The Labute approximate surface area is 173 Å². The van der Waals surface area contributed by atoms with Gasteiger partial charge in [0.05, 0.1) is 6.26 Å². The first-order valence-corrected chi connectivity index (χ1v) is 11.8. The molecule has 29 heavy (non-hydrogen) atoms. The van der Waals surface area contributed by atoms with Crippen molar-refractivity contribution < 1.29 is 13.2 Å². The molecule has 0 aliphatic carbocycles. The summed E-state index contributed by atoms with van der Waals surface area (Å²) in [5.74, 6) is 0.188. The molecule has 0 spiro atoms. The van der Waals surface area contributed by atoms with Gasteiger partial charge < -0.3 is 9.88 Å². The fourth-order valence-electron chi connectivity index (χ4n) is 3.85. The molecule has 1 aromatic carbocycles. The van der Waals surface area contributed by atoms with Gasteiger partial charge in [-0.3, -0.25) is 4.79 Å². The molecule has 0 saturated carbocycles. The highest BCUT2D eigenvalue weighted by Crippen LogP contribution is 2.22. The van der Waals surface area contributed by atoms with E-state index in [1.54, 1.807) is 6.08 Å². The topological polar surface area (TPSA) is 71.4 Å². The summed E-state index contributed by atoms with van der Waals surface area (Å²) in [7, 11) is -3.11. The first-order valence-electron chi connectivity index (χ1n) is 9.91. The Bertz CT molecular complexity index is 986. The second-order valence-corrected chi connectivity index (χ2v) is 9.66. The van der Waals surface area contributed by atoms with Gasteiger partial charge in [0.2, 0.25) is 15.9 Å². The van der Waals surface area contributed by atoms with Gasteiger partial charge in [0.1, 0.15) is 0 Å². The van der Waals surface area contributed by atoms with Crippen LogP contribution in [0, 0.1) is 19.8 Å². The van der Waals surface area contributed by atoms with Crippen LogP contribution in [0.15, 0.2) is 42.5 Å². The van der Waals surface area contributed by atoms with Crippen molar-refractivity contribution in [1.82, 2.24) is 14.2 Å². The Morgan fingerprint density at radius 3 is 2.45 bits per heavy atom. The first-order chi connectivity index (χ1) is 13.8. The van der Waals surface area contributed by atoms with Gasteiger partial charge in [0, 0.05) is 42.8 Å². The van der Waals surface area contributed by atoms with Crippen molar-refractivity contribution in [3.8, 4) is 5.69 Å². The molecule has 2 heterocycles. The number of piperidine rings is 1. The van der Waals surface area contributed by atoms with Crippen LogP contribution in [-0.4, -0.2) is 49.1 Å². The van der Waals surface area contributed by atoms with Gasteiger partial charge in [0.15, 0.2) is 0 Å². The van der Waals surface area contributed by atoms with Crippen LogP contribution in [-0.2, 0) is 14.8 Å². The number of hydrogen-bond donors (Lipinski definition) is 1. The molecule has 1 aliphatic rings. The number of carbonyl (C=O) groups is 1. The van der Waals surface area contributed by atoms with Crippen LogP contribution in [0.2, 0.25) is 0 Å². The van der Waals surface area contributed by atoms with Crippen molar-refractivity contribution in [2.75, 3.05) is 25.9 Å². The molecule has 1 amide bonds. The van der Waals surface area contributed by atoms with E-state index in [-0.39, 0.29) is 5.91 Å². The van der Waals surface area contributed by atoms with Gasteiger partial charge >= 0.3 is 0 Å². The highest BCUT2D eigenvalue weighted by molar-refractivity contribution is 7.88. The van der Waals surface area contributed by atoms with E-state index in [2.05, 4.69) is 35.0 Å². The van der Waals surface area contributed by atoms with Gasteiger partial charge in [-0.05, 0) is 62.4 Å². The Morgan fingerprint density at radius 1 is 1.17 bits per heavy atom. The molecular weight excluding hydrogens is 386 g/mol. The SMILES string of the molecule is Cc1cc(/C=C/C(=O)NCC2CCN(S(C)(=O)=O)CC2)c(C)n1-c1ccccc1. The minimum absolute atomic E-state index is 0.125. The number of benzene rings is 1. The number of sulfonamides is 1. The molecule has 3 rings (SSSR count). The molecule has 0 radical (unpaired) electrons. The number of aryl methyl sites for hydroxylation is 1. The predicted octanol–water partition coefficient (Wildman–Crippen LogP) is 2.90. The number of nitrogens with zero attached hydrogens (tertiary/aromatic N) is 2. The fourth-order valence-corrected chi connectivity index (χ4v) is 4.72. The van der Waals surface area contributed by atoms with E-state index in [0.29, 0.717) is 25.6 Å². The summed E-state index contributed by atoms with van der Waals surface area (Å²) < 4.78 is 26.8. The second kappa shape index (κ2) is 8.97. The quantitative estimate of drug-likeness (QED) is 0.738. The molecule has 0 unspecified atom stereocenters. The third kappa shape index (κ3) is 5.36. The molecule has 6 nitrogen and oxygen atoms in total. The molecular formula is C22H29N3O3S. The van der Waals surface area contributed by atoms with E-state index in [9.17, 15) is 13.2 Å². The van der Waals surface area contributed by atoms with Gasteiger partial charge in [-0.15, -0.1) is 0 Å². The van der Waals surface area contributed by atoms with Crippen molar-refractivity contribution in [2.24, 2.45) is 5.92 Å². The number of amides is 1. The maximum atomic E-state index is 12.2. The molecule has 0 atom stereocenters. The van der Waals surface area contributed by atoms with Crippen LogP contribution in [0.5, 0.6) is 0 Å². The molecule has 7 heteroatoms. The lowest BCUT2D eigenvalue weighted by molar-refractivity contribution is -0.116.